The van der Waals surface area contributed by atoms with Crippen LogP contribution in [0.2, 0.25) is 5.02 Å². The lowest BCUT2D eigenvalue weighted by Crippen LogP contribution is -2.49. The summed E-state index contributed by atoms with van der Waals surface area (Å²) in [5, 5.41) is 3.57. The van der Waals surface area contributed by atoms with E-state index in [0.29, 0.717) is 21.8 Å². The molecule has 40 heavy (non-hydrogen) atoms. The molecule has 7 rings (SSSR count). The predicted octanol–water partition coefficient (Wildman–Crippen LogP) is 6.63. The van der Waals surface area contributed by atoms with Gasteiger partial charge in [0.2, 0.25) is 5.91 Å². The second kappa shape index (κ2) is 9.04. The minimum absolute atomic E-state index is 0.199. The molecule has 4 aromatic carbocycles. The maximum absolute atomic E-state index is 14.7. The van der Waals surface area contributed by atoms with Gasteiger partial charge >= 0.3 is 0 Å². The summed E-state index contributed by atoms with van der Waals surface area (Å²) >= 11 is 6.17. The summed E-state index contributed by atoms with van der Waals surface area (Å²) in [6.07, 6.45) is 3.84. The first kappa shape index (κ1) is 24.6. The van der Waals surface area contributed by atoms with Crippen LogP contribution in [-0.4, -0.2) is 28.4 Å². The van der Waals surface area contributed by atoms with Gasteiger partial charge in [0.25, 0.3) is 0 Å². The number of hydrogen-bond donors (Lipinski definition) is 1. The molecule has 3 aliphatic heterocycles. The summed E-state index contributed by atoms with van der Waals surface area (Å²) in [4.78, 5) is 45.6. The highest BCUT2D eigenvalue weighted by Gasteiger charge is 2.70. The zero-order valence-corrected chi connectivity index (χ0v) is 22.4. The third-order valence-corrected chi connectivity index (χ3v) is 8.84. The van der Waals surface area contributed by atoms with Crippen molar-refractivity contribution in [2.24, 2.45) is 5.92 Å². The molecule has 5 nitrogen and oxygen atoms in total. The third kappa shape index (κ3) is 3.37. The van der Waals surface area contributed by atoms with Crippen LogP contribution in [0.1, 0.15) is 49.0 Å². The molecule has 0 bridgehead atoms. The van der Waals surface area contributed by atoms with Crippen LogP contribution in [0.15, 0.2) is 103 Å². The summed E-state index contributed by atoms with van der Waals surface area (Å²) < 4.78 is 0. The molecule has 1 N–H and O–H groups in total. The molecule has 6 heteroatoms. The summed E-state index contributed by atoms with van der Waals surface area (Å²) in [5.41, 5.74) is 3.85. The van der Waals surface area contributed by atoms with E-state index in [1.807, 2.05) is 84.8 Å². The van der Waals surface area contributed by atoms with Crippen molar-refractivity contribution in [2.75, 3.05) is 5.32 Å². The van der Waals surface area contributed by atoms with Crippen molar-refractivity contribution in [1.29, 1.82) is 0 Å². The molecule has 1 saturated heterocycles. The van der Waals surface area contributed by atoms with Gasteiger partial charge in [-0.05, 0) is 60.0 Å². The van der Waals surface area contributed by atoms with Gasteiger partial charge in [-0.3, -0.25) is 14.4 Å². The molecule has 3 aliphatic rings. The molecule has 3 heterocycles. The first-order valence-electron chi connectivity index (χ1n) is 13.3. The molecule has 0 aliphatic carbocycles. The molecule has 4 atom stereocenters. The minimum atomic E-state index is -1.35. The van der Waals surface area contributed by atoms with Crippen molar-refractivity contribution < 1.29 is 14.4 Å². The van der Waals surface area contributed by atoms with E-state index in [1.165, 1.54) is 0 Å². The molecule has 1 amide bonds. The SMILES string of the molecule is Cc1ccc(C(=O)[C@@H]2[C@@H](C(=O)c3ccc(Cl)cc3)[C@@]3(C(=O)Nc4ccccc43)[C@H]3c4ccccc4C=CN23)cc1. The fourth-order valence-electron chi connectivity index (χ4n) is 6.85. The van der Waals surface area contributed by atoms with E-state index in [1.54, 1.807) is 36.4 Å². The fraction of sp³-hybridized carbons (Fsp3) is 0.147. The molecular formula is C34H25ClN2O3. The highest BCUT2D eigenvalue weighted by molar-refractivity contribution is 6.30. The maximum Gasteiger partial charge on any atom is 0.238 e. The number of carbonyl (C=O) groups excluding carboxylic acids is 3. The average Bonchev–Trinajstić information content (AvgIpc) is 3.45. The van der Waals surface area contributed by atoms with Gasteiger partial charge in [-0.25, -0.2) is 0 Å². The van der Waals surface area contributed by atoms with Crippen molar-refractivity contribution in [3.63, 3.8) is 0 Å². The second-order valence-corrected chi connectivity index (χ2v) is 11.1. The van der Waals surface area contributed by atoms with E-state index in [0.717, 1.165) is 22.3 Å². The molecule has 0 radical (unpaired) electrons. The summed E-state index contributed by atoms with van der Waals surface area (Å²) in [5.74, 6) is -1.75. The van der Waals surface area contributed by atoms with Crippen LogP contribution in [0.25, 0.3) is 6.08 Å². The standard InChI is InChI=1S/C34H25ClN2O3/c1-20-10-12-23(13-11-20)31(39)29-28(30(38)22-14-16-24(35)17-15-22)34(26-8-4-5-9-27(26)36-33(34)40)32-25-7-3-2-6-21(25)18-19-37(29)32/h2-19,28-29,32H,1H3,(H,36,40)/t28-,29-,32+,34+/m0/s1. The Kier molecular flexibility index (Phi) is 5.55. The number of carbonyl (C=O) groups is 3. The van der Waals surface area contributed by atoms with Gasteiger partial charge in [0.15, 0.2) is 11.6 Å². The van der Waals surface area contributed by atoms with Gasteiger partial charge in [-0.2, -0.15) is 0 Å². The number of Topliss-reactive ketones (excluding diaryl/α,β-unsaturated/α-hetero) is 2. The monoisotopic (exact) mass is 544 g/mol. The number of hydrogen-bond acceptors (Lipinski definition) is 4. The van der Waals surface area contributed by atoms with Crippen LogP contribution >= 0.6 is 11.6 Å². The highest BCUT2D eigenvalue weighted by atomic mass is 35.5. The van der Waals surface area contributed by atoms with Gasteiger partial charge in [-0.15, -0.1) is 0 Å². The molecule has 196 valence electrons. The van der Waals surface area contributed by atoms with Crippen LogP contribution in [-0.2, 0) is 10.2 Å². The van der Waals surface area contributed by atoms with E-state index < -0.39 is 23.4 Å². The van der Waals surface area contributed by atoms with E-state index in [-0.39, 0.29) is 17.5 Å². The van der Waals surface area contributed by atoms with Gasteiger partial charge in [0.05, 0.1) is 12.0 Å². The van der Waals surface area contributed by atoms with E-state index in [4.69, 9.17) is 11.6 Å². The quantitative estimate of drug-likeness (QED) is 0.293. The van der Waals surface area contributed by atoms with Crippen LogP contribution in [0.4, 0.5) is 5.69 Å². The first-order valence-corrected chi connectivity index (χ1v) is 13.7. The van der Waals surface area contributed by atoms with Crippen LogP contribution in [0, 0.1) is 12.8 Å². The topological polar surface area (TPSA) is 66.5 Å². The molecule has 0 aromatic heterocycles. The molecule has 1 spiro atoms. The summed E-state index contributed by atoms with van der Waals surface area (Å²) in [6.45, 7) is 1.96. The molecule has 0 unspecified atom stereocenters. The zero-order valence-electron chi connectivity index (χ0n) is 21.7. The lowest BCUT2D eigenvalue weighted by Gasteiger charge is -2.38. The number of ketones is 2. The molecule has 0 saturated carbocycles. The van der Waals surface area contributed by atoms with E-state index in [9.17, 15) is 14.4 Å². The highest BCUT2D eigenvalue weighted by Crippen LogP contribution is 2.62. The third-order valence-electron chi connectivity index (χ3n) is 8.59. The van der Waals surface area contributed by atoms with Crippen molar-refractivity contribution in [2.45, 2.75) is 24.4 Å². The minimum Gasteiger partial charge on any atom is -0.358 e. The van der Waals surface area contributed by atoms with Crippen LogP contribution < -0.4 is 5.32 Å². The van der Waals surface area contributed by atoms with Crippen molar-refractivity contribution in [1.82, 2.24) is 4.90 Å². The number of fused-ring (bicyclic) bond motifs is 6. The summed E-state index contributed by atoms with van der Waals surface area (Å²) in [6, 6.07) is 28.0. The smallest absolute Gasteiger partial charge is 0.238 e. The fourth-order valence-corrected chi connectivity index (χ4v) is 6.98. The number of rotatable bonds is 4. The lowest BCUT2D eigenvalue weighted by atomic mass is 9.62. The van der Waals surface area contributed by atoms with Crippen molar-refractivity contribution >= 4 is 40.8 Å². The molecule has 1 fully saturated rings. The largest absolute Gasteiger partial charge is 0.358 e. The number of para-hydroxylation sites is 1. The first-order chi connectivity index (χ1) is 19.4. The number of nitrogens with one attached hydrogen (secondary N) is 1. The molecular weight excluding hydrogens is 520 g/mol. The number of nitrogens with zero attached hydrogens (tertiary/aromatic N) is 1. The Balaban J connectivity index is 1.53. The Bertz CT molecular complexity index is 1730. The van der Waals surface area contributed by atoms with Gasteiger partial charge in [0, 0.05) is 28.0 Å². The van der Waals surface area contributed by atoms with E-state index >= 15 is 0 Å². The van der Waals surface area contributed by atoms with E-state index in [2.05, 4.69) is 5.32 Å². The van der Waals surface area contributed by atoms with Gasteiger partial charge < -0.3 is 10.2 Å². The second-order valence-electron chi connectivity index (χ2n) is 10.7. The Morgan fingerprint density at radius 3 is 2.25 bits per heavy atom. The Morgan fingerprint density at radius 2 is 1.48 bits per heavy atom. The lowest BCUT2D eigenvalue weighted by molar-refractivity contribution is -0.122. The average molecular weight is 545 g/mol. The number of amides is 1. The van der Waals surface area contributed by atoms with Crippen molar-refractivity contribution in [3.8, 4) is 0 Å². The number of halogens is 1. The van der Waals surface area contributed by atoms with Crippen molar-refractivity contribution in [3.05, 3.63) is 142 Å². The van der Waals surface area contributed by atoms with Crippen LogP contribution in [0.5, 0.6) is 0 Å². The van der Waals surface area contributed by atoms with Crippen LogP contribution in [0.3, 0.4) is 0 Å². The van der Waals surface area contributed by atoms with Gasteiger partial charge in [-0.1, -0.05) is 83.9 Å². The van der Waals surface area contributed by atoms with Gasteiger partial charge in [0.1, 0.15) is 11.5 Å². The molecule has 4 aromatic rings. The Hall–Kier alpha value is -4.48. The maximum atomic E-state index is 14.7. The zero-order chi connectivity index (χ0) is 27.6. The number of benzene rings is 4. The Labute approximate surface area is 237 Å². The Morgan fingerprint density at radius 1 is 0.825 bits per heavy atom. The number of aryl methyl sites for hydroxylation is 1. The number of anilines is 1. The normalized spacial score (nSPS) is 23.9. The summed E-state index contributed by atoms with van der Waals surface area (Å²) in [7, 11) is 0. The predicted molar refractivity (Wildman–Crippen MR) is 155 cm³/mol.